The van der Waals surface area contributed by atoms with Gasteiger partial charge in [0.25, 0.3) is 0 Å². The van der Waals surface area contributed by atoms with Gasteiger partial charge in [0.15, 0.2) is 0 Å². The zero-order chi connectivity index (χ0) is 8.81. The molecular formula is C6H12N2O4. The molecule has 0 spiro atoms. The van der Waals surface area contributed by atoms with Crippen LogP contribution in [0.5, 0.6) is 0 Å². The van der Waals surface area contributed by atoms with Gasteiger partial charge in [-0.2, -0.15) is 5.48 Å². The van der Waals surface area contributed by atoms with Crippen LogP contribution in [0.4, 0.5) is 4.79 Å². The highest BCUT2D eigenvalue weighted by Gasteiger charge is 2.14. The van der Waals surface area contributed by atoms with Crippen molar-refractivity contribution in [1.82, 2.24) is 10.5 Å². The lowest BCUT2D eigenvalue weighted by molar-refractivity contribution is -0.153. The van der Waals surface area contributed by atoms with Crippen LogP contribution in [-0.2, 0) is 14.4 Å². The van der Waals surface area contributed by atoms with E-state index in [0.29, 0.717) is 26.3 Å². The van der Waals surface area contributed by atoms with Gasteiger partial charge in [-0.1, -0.05) is 0 Å². The second-order valence-corrected chi connectivity index (χ2v) is 2.23. The van der Waals surface area contributed by atoms with Crippen molar-refractivity contribution in [1.29, 1.82) is 0 Å². The average Bonchev–Trinajstić information content (AvgIpc) is 2.06. The molecule has 0 bridgehead atoms. The molecule has 0 unspecified atom stereocenters. The van der Waals surface area contributed by atoms with Crippen LogP contribution in [-0.4, -0.2) is 44.6 Å². The largest absolute Gasteiger partial charge is 0.450 e. The van der Waals surface area contributed by atoms with Crippen LogP contribution >= 0.6 is 0 Å². The summed E-state index contributed by atoms with van der Waals surface area (Å²) in [6, 6.07) is 0. The minimum absolute atomic E-state index is 0.584. The molecule has 0 aromatic rings. The van der Waals surface area contributed by atoms with E-state index in [9.17, 15) is 4.79 Å². The minimum atomic E-state index is -0.612. The van der Waals surface area contributed by atoms with Crippen LogP contribution in [0, 0.1) is 0 Å². The lowest BCUT2D eigenvalue weighted by atomic mass is 10.5. The summed E-state index contributed by atoms with van der Waals surface area (Å²) in [7, 11) is 1.35. The van der Waals surface area contributed by atoms with E-state index < -0.39 is 6.09 Å². The van der Waals surface area contributed by atoms with E-state index in [1.807, 2.05) is 5.48 Å². The Morgan fingerprint density at radius 1 is 1.50 bits per heavy atom. The molecule has 0 radical (unpaired) electrons. The lowest BCUT2D eigenvalue weighted by Crippen LogP contribution is -2.40. The number of ether oxygens (including phenoxy) is 1. The van der Waals surface area contributed by atoms with Crippen LogP contribution in [0.2, 0.25) is 0 Å². The number of nitrogens with zero attached hydrogens (tertiary/aromatic N) is 1. The van der Waals surface area contributed by atoms with Gasteiger partial charge in [-0.05, 0) is 0 Å². The van der Waals surface area contributed by atoms with Crippen molar-refractivity contribution in [3.63, 3.8) is 0 Å². The first kappa shape index (κ1) is 9.24. The van der Waals surface area contributed by atoms with Crippen molar-refractivity contribution in [2.75, 3.05) is 33.4 Å². The molecule has 6 heteroatoms. The fourth-order valence-corrected chi connectivity index (χ4v) is 0.857. The molecule has 0 saturated carbocycles. The topological polar surface area (TPSA) is 60.0 Å². The molecular weight excluding hydrogens is 164 g/mol. The van der Waals surface area contributed by atoms with Gasteiger partial charge < -0.3 is 9.57 Å². The smallest absolute Gasteiger partial charge is 0.379 e. The Morgan fingerprint density at radius 3 is 2.75 bits per heavy atom. The van der Waals surface area contributed by atoms with E-state index in [2.05, 4.69) is 4.84 Å². The maximum atomic E-state index is 10.8. The number of amides is 1. The Bertz CT molecular complexity index is 146. The zero-order valence-corrected chi connectivity index (χ0v) is 6.91. The fourth-order valence-electron chi connectivity index (χ4n) is 0.857. The average molecular weight is 176 g/mol. The number of carbonyl (C=O) groups excluding carboxylic acids is 1. The molecule has 1 rings (SSSR count). The van der Waals surface area contributed by atoms with E-state index in [1.54, 1.807) is 0 Å². The molecule has 0 aliphatic carbocycles. The quantitative estimate of drug-likeness (QED) is 0.576. The molecule has 12 heavy (non-hydrogen) atoms. The van der Waals surface area contributed by atoms with Crippen molar-refractivity contribution in [3.8, 4) is 0 Å². The van der Waals surface area contributed by atoms with Crippen LogP contribution in [0.1, 0.15) is 0 Å². The van der Waals surface area contributed by atoms with Gasteiger partial charge in [0.2, 0.25) is 0 Å². The van der Waals surface area contributed by atoms with Crippen molar-refractivity contribution >= 4 is 6.09 Å². The maximum absolute atomic E-state index is 10.8. The summed E-state index contributed by atoms with van der Waals surface area (Å²) in [5.74, 6) is 0. The van der Waals surface area contributed by atoms with Gasteiger partial charge in [0.05, 0.1) is 33.4 Å². The third kappa shape index (κ3) is 3.04. The fraction of sp³-hybridized carbons (Fsp3) is 0.833. The van der Waals surface area contributed by atoms with Crippen molar-refractivity contribution in [2.24, 2.45) is 0 Å². The zero-order valence-electron chi connectivity index (χ0n) is 6.91. The number of nitrogens with one attached hydrogen (secondary N) is 1. The van der Waals surface area contributed by atoms with Gasteiger partial charge in [-0.25, -0.2) is 4.79 Å². The molecule has 1 aliphatic heterocycles. The third-order valence-electron chi connectivity index (χ3n) is 1.37. The number of hydroxylamine groups is 3. The van der Waals surface area contributed by atoms with Crippen molar-refractivity contribution in [3.05, 3.63) is 0 Å². The van der Waals surface area contributed by atoms with Gasteiger partial charge in [-0.15, -0.1) is 5.06 Å². The number of carbonyl (C=O) groups is 1. The predicted octanol–water partition coefficient (Wildman–Crippen LogP) is -0.479. The van der Waals surface area contributed by atoms with Crippen molar-refractivity contribution < 1.29 is 19.2 Å². The summed E-state index contributed by atoms with van der Waals surface area (Å²) in [5.41, 5.74) is 2.05. The molecule has 1 saturated heterocycles. The first-order valence-electron chi connectivity index (χ1n) is 3.66. The highest BCUT2D eigenvalue weighted by atomic mass is 16.8. The van der Waals surface area contributed by atoms with Gasteiger partial charge in [0, 0.05) is 0 Å². The number of morpholine rings is 1. The molecule has 1 heterocycles. The summed E-state index contributed by atoms with van der Waals surface area (Å²) >= 11 is 0. The van der Waals surface area contributed by atoms with E-state index >= 15 is 0 Å². The second kappa shape index (κ2) is 4.91. The highest BCUT2D eigenvalue weighted by molar-refractivity contribution is 5.65. The summed E-state index contributed by atoms with van der Waals surface area (Å²) < 4.78 is 5.06. The maximum Gasteiger partial charge on any atom is 0.450 e. The van der Waals surface area contributed by atoms with E-state index in [-0.39, 0.29) is 0 Å². The molecule has 1 aliphatic rings. The van der Waals surface area contributed by atoms with Crippen LogP contribution < -0.4 is 5.48 Å². The van der Waals surface area contributed by atoms with Crippen LogP contribution in [0.3, 0.4) is 0 Å². The van der Waals surface area contributed by atoms with Gasteiger partial charge >= 0.3 is 6.09 Å². The summed E-state index contributed by atoms with van der Waals surface area (Å²) in [6.07, 6.45) is -0.612. The second-order valence-electron chi connectivity index (χ2n) is 2.23. The Labute approximate surface area is 70.3 Å². The highest BCUT2D eigenvalue weighted by Crippen LogP contribution is 1.97. The third-order valence-corrected chi connectivity index (χ3v) is 1.37. The molecule has 0 aromatic heterocycles. The van der Waals surface area contributed by atoms with Crippen molar-refractivity contribution in [2.45, 2.75) is 0 Å². The molecule has 1 fully saturated rings. The van der Waals surface area contributed by atoms with Gasteiger partial charge in [-0.3, -0.25) is 4.84 Å². The summed E-state index contributed by atoms with van der Waals surface area (Å²) in [6.45, 7) is 2.36. The SMILES string of the molecule is CONC(=O)ON1CCOCC1. The molecule has 70 valence electrons. The number of hydrogen-bond acceptors (Lipinski definition) is 5. The number of hydrogen-bond donors (Lipinski definition) is 1. The lowest BCUT2D eigenvalue weighted by Gasteiger charge is -2.24. The monoisotopic (exact) mass is 176 g/mol. The molecule has 1 N–H and O–H groups in total. The Hall–Kier alpha value is -0.850. The molecule has 6 nitrogen and oxygen atoms in total. The van der Waals surface area contributed by atoms with E-state index in [0.717, 1.165) is 0 Å². The normalized spacial score (nSPS) is 18.8. The Balaban J connectivity index is 2.15. The summed E-state index contributed by atoms with van der Waals surface area (Å²) in [5, 5.41) is 1.53. The Kier molecular flexibility index (Phi) is 3.78. The van der Waals surface area contributed by atoms with E-state index in [1.165, 1.54) is 12.2 Å². The number of rotatable bonds is 2. The molecule has 0 aromatic carbocycles. The van der Waals surface area contributed by atoms with Crippen LogP contribution in [0.15, 0.2) is 0 Å². The first-order chi connectivity index (χ1) is 5.83. The standard InChI is InChI=1S/C6H12N2O4/c1-10-7-6(9)12-8-2-4-11-5-3-8/h2-5H2,1H3,(H,7,9). The minimum Gasteiger partial charge on any atom is -0.379 e. The summed E-state index contributed by atoms with van der Waals surface area (Å²) in [4.78, 5) is 19.9. The predicted molar refractivity (Wildman–Crippen MR) is 39.0 cm³/mol. The molecule has 1 amide bonds. The first-order valence-corrected chi connectivity index (χ1v) is 3.66. The van der Waals surface area contributed by atoms with Gasteiger partial charge in [0.1, 0.15) is 0 Å². The molecule has 0 atom stereocenters. The van der Waals surface area contributed by atoms with E-state index in [4.69, 9.17) is 9.57 Å². The Morgan fingerprint density at radius 2 is 2.17 bits per heavy atom. The van der Waals surface area contributed by atoms with Crippen LogP contribution in [0.25, 0.3) is 0 Å².